The molecule has 0 spiro atoms. The lowest BCUT2D eigenvalue weighted by molar-refractivity contribution is -0.121. The predicted octanol–water partition coefficient (Wildman–Crippen LogP) is 0.970. The molecule has 0 atom stereocenters. The first-order chi connectivity index (χ1) is 10.1. The molecular formula is C13H20ClN5O2. The van der Waals surface area contributed by atoms with Gasteiger partial charge in [0.1, 0.15) is 11.3 Å². The maximum absolute atomic E-state index is 11.8. The molecule has 2 aromatic heterocycles. The number of alkyl halides is 1. The SMILES string of the molecule is COCCNC(=O)CCn1c(CCl)nc2c(C)nn(C)c21. The number of aryl methyl sites for hydroxylation is 3. The number of imidazole rings is 1. The van der Waals surface area contributed by atoms with Crippen LogP contribution in [0.5, 0.6) is 0 Å². The minimum Gasteiger partial charge on any atom is -0.383 e. The monoisotopic (exact) mass is 313 g/mol. The molecule has 0 saturated carbocycles. The van der Waals surface area contributed by atoms with Crippen molar-refractivity contribution < 1.29 is 9.53 Å². The summed E-state index contributed by atoms with van der Waals surface area (Å²) in [6.07, 6.45) is 0.364. The van der Waals surface area contributed by atoms with Crippen molar-refractivity contribution in [1.82, 2.24) is 24.6 Å². The highest BCUT2D eigenvalue weighted by Crippen LogP contribution is 2.20. The standard InChI is InChI=1S/C13H20ClN5O2/c1-9-12-13(18(2)17-9)19(10(8-14)16-12)6-4-11(20)15-5-7-21-3/h4-8H2,1-3H3,(H,15,20). The van der Waals surface area contributed by atoms with Crippen LogP contribution < -0.4 is 5.32 Å². The summed E-state index contributed by atoms with van der Waals surface area (Å²) < 4.78 is 8.63. The summed E-state index contributed by atoms with van der Waals surface area (Å²) in [7, 11) is 3.47. The molecule has 8 heteroatoms. The van der Waals surface area contributed by atoms with Gasteiger partial charge < -0.3 is 14.6 Å². The summed E-state index contributed by atoms with van der Waals surface area (Å²) in [4.78, 5) is 16.3. The molecule has 2 heterocycles. The summed E-state index contributed by atoms with van der Waals surface area (Å²) in [5.41, 5.74) is 2.60. The molecule has 0 aliphatic rings. The molecule has 21 heavy (non-hydrogen) atoms. The third-order valence-electron chi connectivity index (χ3n) is 3.28. The summed E-state index contributed by atoms with van der Waals surface area (Å²) >= 11 is 5.95. The number of amides is 1. The minimum absolute atomic E-state index is 0.0201. The van der Waals surface area contributed by atoms with Crippen LogP contribution in [0.4, 0.5) is 0 Å². The molecule has 0 bridgehead atoms. The van der Waals surface area contributed by atoms with Crippen LogP contribution in [0.1, 0.15) is 17.9 Å². The van der Waals surface area contributed by atoms with Gasteiger partial charge in [-0.1, -0.05) is 0 Å². The normalized spacial score (nSPS) is 11.2. The summed E-state index contributed by atoms with van der Waals surface area (Å²) in [5.74, 6) is 1.04. The Kier molecular flexibility index (Phi) is 5.19. The van der Waals surface area contributed by atoms with Gasteiger partial charge in [-0.2, -0.15) is 5.10 Å². The van der Waals surface area contributed by atoms with Crippen molar-refractivity contribution in [3.8, 4) is 0 Å². The molecule has 0 aromatic carbocycles. The Morgan fingerprint density at radius 1 is 1.48 bits per heavy atom. The average molecular weight is 314 g/mol. The Balaban J connectivity index is 2.12. The van der Waals surface area contributed by atoms with E-state index in [1.165, 1.54) is 0 Å². The molecule has 0 saturated heterocycles. The topological polar surface area (TPSA) is 74.0 Å². The molecule has 0 fully saturated rings. The van der Waals surface area contributed by atoms with Gasteiger partial charge in [0.25, 0.3) is 0 Å². The van der Waals surface area contributed by atoms with Crippen molar-refractivity contribution in [2.24, 2.45) is 7.05 Å². The molecule has 0 unspecified atom stereocenters. The highest BCUT2D eigenvalue weighted by atomic mass is 35.5. The van der Waals surface area contributed by atoms with E-state index in [1.54, 1.807) is 11.8 Å². The Morgan fingerprint density at radius 3 is 2.90 bits per heavy atom. The van der Waals surface area contributed by atoms with E-state index in [9.17, 15) is 4.79 Å². The smallest absolute Gasteiger partial charge is 0.221 e. The number of rotatable bonds is 7. The molecule has 2 aromatic rings. The van der Waals surface area contributed by atoms with Crippen LogP contribution in [0.25, 0.3) is 11.2 Å². The van der Waals surface area contributed by atoms with Crippen LogP contribution in [-0.2, 0) is 29.0 Å². The van der Waals surface area contributed by atoms with E-state index in [4.69, 9.17) is 16.3 Å². The highest BCUT2D eigenvalue weighted by molar-refractivity contribution is 6.16. The van der Waals surface area contributed by atoms with Crippen LogP contribution >= 0.6 is 11.6 Å². The fourth-order valence-corrected chi connectivity index (χ4v) is 2.52. The number of hydrogen-bond donors (Lipinski definition) is 1. The van der Waals surface area contributed by atoms with Crippen LogP contribution in [0.3, 0.4) is 0 Å². The van der Waals surface area contributed by atoms with E-state index in [2.05, 4.69) is 15.4 Å². The third-order valence-corrected chi connectivity index (χ3v) is 3.52. The zero-order valence-electron chi connectivity index (χ0n) is 12.5. The van der Waals surface area contributed by atoms with E-state index >= 15 is 0 Å². The van der Waals surface area contributed by atoms with Crippen molar-refractivity contribution >= 4 is 28.7 Å². The summed E-state index contributed by atoms with van der Waals surface area (Å²) in [6, 6.07) is 0. The number of fused-ring (bicyclic) bond motifs is 1. The van der Waals surface area contributed by atoms with Gasteiger partial charge in [-0.05, 0) is 6.92 Å². The largest absolute Gasteiger partial charge is 0.383 e. The third kappa shape index (κ3) is 3.36. The number of ether oxygens (including phenoxy) is 1. The molecule has 0 radical (unpaired) electrons. The predicted molar refractivity (Wildman–Crippen MR) is 80.3 cm³/mol. The molecule has 0 aliphatic carbocycles. The number of aromatic nitrogens is 4. The number of nitrogens with one attached hydrogen (secondary N) is 1. The van der Waals surface area contributed by atoms with Crippen molar-refractivity contribution in [2.75, 3.05) is 20.3 Å². The number of halogens is 1. The van der Waals surface area contributed by atoms with E-state index in [-0.39, 0.29) is 5.91 Å². The van der Waals surface area contributed by atoms with Gasteiger partial charge in [-0.15, -0.1) is 11.6 Å². The Labute approximate surface area is 128 Å². The van der Waals surface area contributed by atoms with E-state index in [1.807, 2.05) is 18.5 Å². The summed E-state index contributed by atoms with van der Waals surface area (Å²) in [6.45, 7) is 3.46. The molecule has 1 amide bonds. The van der Waals surface area contributed by atoms with Crippen molar-refractivity contribution in [3.63, 3.8) is 0 Å². The average Bonchev–Trinajstić information content (AvgIpc) is 2.95. The van der Waals surface area contributed by atoms with Gasteiger partial charge in [0.2, 0.25) is 5.91 Å². The first-order valence-electron chi connectivity index (χ1n) is 6.78. The quantitative estimate of drug-likeness (QED) is 0.610. The van der Waals surface area contributed by atoms with Crippen LogP contribution in [0.15, 0.2) is 0 Å². The number of nitrogens with zero attached hydrogens (tertiary/aromatic N) is 4. The Bertz CT molecular complexity index is 634. The maximum atomic E-state index is 11.8. The highest BCUT2D eigenvalue weighted by Gasteiger charge is 2.17. The van der Waals surface area contributed by atoms with Gasteiger partial charge >= 0.3 is 0 Å². The van der Waals surface area contributed by atoms with E-state index < -0.39 is 0 Å². The minimum atomic E-state index is -0.0201. The zero-order chi connectivity index (χ0) is 15.4. The van der Waals surface area contributed by atoms with Gasteiger partial charge in [0, 0.05) is 33.7 Å². The number of carbonyl (C=O) groups excluding carboxylic acids is 1. The molecule has 0 aliphatic heterocycles. The van der Waals surface area contributed by atoms with Gasteiger partial charge in [0.05, 0.1) is 18.2 Å². The molecule has 7 nitrogen and oxygen atoms in total. The Morgan fingerprint density at radius 2 is 2.24 bits per heavy atom. The van der Waals surface area contributed by atoms with Crippen molar-refractivity contribution in [1.29, 1.82) is 0 Å². The molecule has 116 valence electrons. The zero-order valence-corrected chi connectivity index (χ0v) is 13.3. The van der Waals surface area contributed by atoms with Crippen LogP contribution in [0.2, 0.25) is 0 Å². The first-order valence-corrected chi connectivity index (χ1v) is 7.32. The number of carbonyl (C=O) groups is 1. The first kappa shape index (κ1) is 15.8. The second-order valence-electron chi connectivity index (χ2n) is 4.79. The number of hydrogen-bond acceptors (Lipinski definition) is 4. The lowest BCUT2D eigenvalue weighted by Gasteiger charge is -2.08. The van der Waals surface area contributed by atoms with Crippen molar-refractivity contribution in [2.45, 2.75) is 25.8 Å². The van der Waals surface area contributed by atoms with Gasteiger partial charge in [-0.25, -0.2) is 4.98 Å². The lowest BCUT2D eigenvalue weighted by Crippen LogP contribution is -2.28. The van der Waals surface area contributed by atoms with Gasteiger partial charge in [0.15, 0.2) is 5.65 Å². The Hall–Kier alpha value is -1.60. The maximum Gasteiger partial charge on any atom is 0.221 e. The van der Waals surface area contributed by atoms with E-state index in [0.717, 1.165) is 22.7 Å². The summed E-state index contributed by atoms with van der Waals surface area (Å²) in [5, 5.41) is 7.15. The van der Waals surface area contributed by atoms with Crippen molar-refractivity contribution in [3.05, 3.63) is 11.5 Å². The second kappa shape index (κ2) is 6.91. The fourth-order valence-electron chi connectivity index (χ4n) is 2.31. The molecular weight excluding hydrogens is 294 g/mol. The second-order valence-corrected chi connectivity index (χ2v) is 5.05. The van der Waals surface area contributed by atoms with Crippen LogP contribution in [-0.4, -0.2) is 45.5 Å². The van der Waals surface area contributed by atoms with Gasteiger partial charge in [-0.3, -0.25) is 9.48 Å². The molecule has 2 rings (SSSR count). The molecule has 1 N–H and O–H groups in total. The van der Waals surface area contributed by atoms with E-state index in [0.29, 0.717) is 32.0 Å². The lowest BCUT2D eigenvalue weighted by atomic mass is 10.3. The number of methoxy groups -OCH3 is 1. The van der Waals surface area contributed by atoms with Crippen LogP contribution in [0, 0.1) is 6.92 Å². The fraction of sp³-hybridized carbons (Fsp3) is 0.615.